The van der Waals surface area contributed by atoms with E-state index in [0.717, 1.165) is 19.3 Å². The van der Waals surface area contributed by atoms with E-state index in [2.05, 4.69) is 5.32 Å². The molecule has 0 aromatic heterocycles. The van der Waals surface area contributed by atoms with Crippen LogP contribution in [0.5, 0.6) is 0 Å². The molecule has 1 saturated carbocycles. The molecule has 1 aromatic carbocycles. The fourth-order valence-electron chi connectivity index (χ4n) is 2.78. The van der Waals surface area contributed by atoms with Gasteiger partial charge >= 0.3 is 0 Å². The van der Waals surface area contributed by atoms with Gasteiger partial charge < -0.3 is 16.0 Å². The molecular weight excluding hydrogens is 266 g/mol. The highest BCUT2D eigenvalue weighted by Crippen LogP contribution is 2.24. The standard InChI is InChI=1S/C16H23N3O2/c1-19(2)16(21)12-8-6-11(7-9-12)15(20)18-14-5-3-4-13(14)10-17/h6-9,13-14H,3-5,10,17H2,1-2H3,(H,18,20). The van der Waals surface area contributed by atoms with E-state index in [4.69, 9.17) is 5.73 Å². The first-order valence-electron chi connectivity index (χ1n) is 7.35. The van der Waals surface area contributed by atoms with Crippen molar-refractivity contribution in [1.82, 2.24) is 10.2 Å². The number of carbonyl (C=O) groups excluding carboxylic acids is 2. The Bertz CT molecular complexity index is 511. The second-order valence-corrected chi connectivity index (χ2v) is 5.78. The maximum atomic E-state index is 12.2. The molecule has 0 saturated heterocycles. The lowest BCUT2D eigenvalue weighted by Gasteiger charge is -2.19. The maximum absolute atomic E-state index is 12.2. The van der Waals surface area contributed by atoms with Gasteiger partial charge in [0.15, 0.2) is 0 Å². The van der Waals surface area contributed by atoms with E-state index in [1.807, 2.05) is 0 Å². The summed E-state index contributed by atoms with van der Waals surface area (Å²) >= 11 is 0. The number of nitrogens with one attached hydrogen (secondary N) is 1. The highest BCUT2D eigenvalue weighted by Gasteiger charge is 2.27. The molecule has 2 atom stereocenters. The lowest BCUT2D eigenvalue weighted by atomic mass is 10.0. The summed E-state index contributed by atoms with van der Waals surface area (Å²) in [4.78, 5) is 25.5. The summed E-state index contributed by atoms with van der Waals surface area (Å²) in [5.74, 6) is 0.216. The Kier molecular flexibility index (Phi) is 4.96. The molecule has 21 heavy (non-hydrogen) atoms. The van der Waals surface area contributed by atoms with Crippen molar-refractivity contribution in [3.8, 4) is 0 Å². The zero-order valence-electron chi connectivity index (χ0n) is 12.6. The van der Waals surface area contributed by atoms with E-state index >= 15 is 0 Å². The Morgan fingerprint density at radius 3 is 2.38 bits per heavy atom. The van der Waals surface area contributed by atoms with Gasteiger partial charge in [0.2, 0.25) is 0 Å². The molecule has 0 heterocycles. The van der Waals surface area contributed by atoms with Crippen LogP contribution in [0.1, 0.15) is 40.0 Å². The average Bonchev–Trinajstić information content (AvgIpc) is 2.93. The third kappa shape index (κ3) is 3.61. The molecule has 1 aliphatic rings. The number of hydrogen-bond donors (Lipinski definition) is 2. The van der Waals surface area contributed by atoms with E-state index in [9.17, 15) is 9.59 Å². The van der Waals surface area contributed by atoms with Gasteiger partial charge in [-0.3, -0.25) is 9.59 Å². The summed E-state index contributed by atoms with van der Waals surface area (Å²) in [6, 6.07) is 6.93. The molecular formula is C16H23N3O2. The van der Waals surface area contributed by atoms with Crippen molar-refractivity contribution in [2.24, 2.45) is 11.7 Å². The summed E-state index contributed by atoms with van der Waals surface area (Å²) in [6.45, 7) is 0.612. The smallest absolute Gasteiger partial charge is 0.253 e. The highest BCUT2D eigenvalue weighted by molar-refractivity contribution is 5.97. The van der Waals surface area contributed by atoms with Crippen molar-refractivity contribution in [2.45, 2.75) is 25.3 Å². The summed E-state index contributed by atoms with van der Waals surface area (Å²) in [6.07, 6.45) is 3.19. The predicted octanol–water partition coefficient (Wildman–Crippen LogP) is 1.25. The summed E-state index contributed by atoms with van der Waals surface area (Å²) in [7, 11) is 3.41. The largest absolute Gasteiger partial charge is 0.349 e. The first-order valence-corrected chi connectivity index (χ1v) is 7.35. The van der Waals surface area contributed by atoms with Crippen LogP contribution in [0.15, 0.2) is 24.3 Å². The summed E-state index contributed by atoms with van der Waals surface area (Å²) in [5, 5.41) is 3.05. The quantitative estimate of drug-likeness (QED) is 0.876. The van der Waals surface area contributed by atoms with Gasteiger partial charge in [-0.05, 0) is 49.6 Å². The molecule has 2 amide bonds. The monoisotopic (exact) mass is 289 g/mol. The molecule has 0 spiro atoms. The van der Waals surface area contributed by atoms with E-state index in [1.54, 1.807) is 38.4 Å². The molecule has 2 unspecified atom stereocenters. The Morgan fingerprint density at radius 1 is 1.19 bits per heavy atom. The molecule has 1 fully saturated rings. The Morgan fingerprint density at radius 2 is 1.81 bits per heavy atom. The van der Waals surface area contributed by atoms with Gasteiger partial charge in [0, 0.05) is 31.3 Å². The summed E-state index contributed by atoms with van der Waals surface area (Å²) in [5.41, 5.74) is 6.88. The zero-order chi connectivity index (χ0) is 15.4. The molecule has 0 aliphatic heterocycles. The topological polar surface area (TPSA) is 75.4 Å². The van der Waals surface area contributed by atoms with Crippen LogP contribution in [0.25, 0.3) is 0 Å². The van der Waals surface area contributed by atoms with Crippen LogP contribution in [0.3, 0.4) is 0 Å². The average molecular weight is 289 g/mol. The van der Waals surface area contributed by atoms with Gasteiger partial charge in [-0.2, -0.15) is 0 Å². The molecule has 114 valence electrons. The lowest BCUT2D eigenvalue weighted by molar-refractivity contribution is 0.0826. The molecule has 0 radical (unpaired) electrons. The van der Waals surface area contributed by atoms with Gasteiger partial charge in [0.25, 0.3) is 11.8 Å². The zero-order valence-corrected chi connectivity index (χ0v) is 12.6. The van der Waals surface area contributed by atoms with E-state index < -0.39 is 0 Å². The lowest BCUT2D eigenvalue weighted by Crippen LogP contribution is -2.39. The minimum Gasteiger partial charge on any atom is -0.349 e. The first-order chi connectivity index (χ1) is 10.0. The van der Waals surface area contributed by atoms with Crippen LogP contribution in [0.4, 0.5) is 0 Å². The van der Waals surface area contributed by atoms with Crippen LogP contribution in [0, 0.1) is 5.92 Å². The number of carbonyl (C=O) groups is 2. The van der Waals surface area contributed by atoms with E-state index in [-0.39, 0.29) is 17.9 Å². The number of nitrogens with two attached hydrogens (primary N) is 1. The van der Waals surface area contributed by atoms with E-state index in [0.29, 0.717) is 23.6 Å². The van der Waals surface area contributed by atoms with Gasteiger partial charge in [0.1, 0.15) is 0 Å². The molecule has 1 aromatic rings. The molecule has 0 bridgehead atoms. The van der Waals surface area contributed by atoms with Crippen molar-refractivity contribution >= 4 is 11.8 Å². The number of hydrogen-bond acceptors (Lipinski definition) is 3. The Balaban J connectivity index is 2.01. The third-order valence-electron chi connectivity index (χ3n) is 4.08. The van der Waals surface area contributed by atoms with Crippen LogP contribution in [-0.2, 0) is 0 Å². The molecule has 2 rings (SSSR count). The number of amides is 2. The Hall–Kier alpha value is -1.88. The minimum atomic E-state index is -0.0933. The van der Waals surface area contributed by atoms with Crippen molar-refractivity contribution in [3.05, 3.63) is 35.4 Å². The van der Waals surface area contributed by atoms with E-state index in [1.165, 1.54) is 4.90 Å². The molecule has 3 N–H and O–H groups in total. The number of nitrogens with zero attached hydrogens (tertiary/aromatic N) is 1. The van der Waals surface area contributed by atoms with Crippen molar-refractivity contribution in [3.63, 3.8) is 0 Å². The van der Waals surface area contributed by atoms with Crippen LogP contribution in [-0.4, -0.2) is 43.4 Å². The maximum Gasteiger partial charge on any atom is 0.253 e. The molecule has 1 aliphatic carbocycles. The third-order valence-corrected chi connectivity index (χ3v) is 4.08. The van der Waals surface area contributed by atoms with Crippen molar-refractivity contribution < 1.29 is 9.59 Å². The predicted molar refractivity (Wildman–Crippen MR) is 82.1 cm³/mol. The van der Waals surface area contributed by atoms with Crippen LogP contribution < -0.4 is 11.1 Å². The van der Waals surface area contributed by atoms with Gasteiger partial charge in [-0.25, -0.2) is 0 Å². The molecule has 5 nitrogen and oxygen atoms in total. The van der Waals surface area contributed by atoms with Gasteiger partial charge in [-0.1, -0.05) is 6.42 Å². The van der Waals surface area contributed by atoms with Crippen molar-refractivity contribution in [2.75, 3.05) is 20.6 Å². The normalized spacial score (nSPS) is 21.1. The highest BCUT2D eigenvalue weighted by atomic mass is 16.2. The second kappa shape index (κ2) is 6.72. The Labute approximate surface area is 125 Å². The van der Waals surface area contributed by atoms with Gasteiger partial charge in [-0.15, -0.1) is 0 Å². The second-order valence-electron chi connectivity index (χ2n) is 5.78. The fourth-order valence-corrected chi connectivity index (χ4v) is 2.78. The van der Waals surface area contributed by atoms with Crippen molar-refractivity contribution in [1.29, 1.82) is 0 Å². The van der Waals surface area contributed by atoms with Crippen LogP contribution >= 0.6 is 0 Å². The van der Waals surface area contributed by atoms with Gasteiger partial charge in [0.05, 0.1) is 0 Å². The molecule has 5 heteroatoms. The number of benzene rings is 1. The first kappa shape index (κ1) is 15.5. The fraction of sp³-hybridized carbons (Fsp3) is 0.500. The number of rotatable bonds is 4. The minimum absolute atomic E-state index is 0.0686. The summed E-state index contributed by atoms with van der Waals surface area (Å²) < 4.78 is 0. The van der Waals surface area contributed by atoms with Crippen LogP contribution in [0.2, 0.25) is 0 Å². The SMILES string of the molecule is CN(C)C(=O)c1ccc(C(=O)NC2CCCC2CN)cc1.